The maximum atomic E-state index is 5.40. The lowest BCUT2D eigenvalue weighted by molar-refractivity contribution is 0.355. The monoisotopic (exact) mass is 341 g/mol. The van der Waals surface area contributed by atoms with Crippen LogP contribution >= 0.6 is 0 Å². The number of nitrogens with one attached hydrogen (secondary N) is 1. The summed E-state index contributed by atoms with van der Waals surface area (Å²) in [5.41, 5.74) is 2.71. The molecule has 0 spiro atoms. The zero-order valence-electron chi connectivity index (χ0n) is 15.0. The van der Waals surface area contributed by atoms with Crippen LogP contribution in [0.15, 0.2) is 36.7 Å². The lowest BCUT2D eigenvalue weighted by Crippen LogP contribution is -2.21. The van der Waals surface area contributed by atoms with E-state index in [0.29, 0.717) is 11.5 Å². The third-order valence-corrected chi connectivity index (χ3v) is 3.93. The fourth-order valence-corrected chi connectivity index (χ4v) is 2.58. The summed E-state index contributed by atoms with van der Waals surface area (Å²) in [5.74, 6) is 2.21. The molecule has 2 aromatic heterocycles. The van der Waals surface area contributed by atoms with Crippen LogP contribution in [0.25, 0.3) is 16.8 Å². The number of methoxy groups -OCH3 is 2. The fourth-order valence-electron chi connectivity index (χ4n) is 2.58. The van der Waals surface area contributed by atoms with Gasteiger partial charge < -0.3 is 19.7 Å². The van der Waals surface area contributed by atoms with Crippen molar-refractivity contribution in [1.82, 2.24) is 19.5 Å². The first kappa shape index (κ1) is 17.0. The molecular formula is C18H23N5O2. The summed E-state index contributed by atoms with van der Waals surface area (Å²) in [6.45, 7) is 1.77. The molecule has 0 aliphatic heterocycles. The second-order valence-electron chi connectivity index (χ2n) is 5.94. The quantitative estimate of drug-likeness (QED) is 0.712. The Bertz CT molecular complexity index is 860. The van der Waals surface area contributed by atoms with Gasteiger partial charge in [0.2, 0.25) is 0 Å². The molecule has 3 rings (SSSR count). The van der Waals surface area contributed by atoms with E-state index in [1.165, 1.54) is 0 Å². The molecule has 0 aliphatic rings. The molecule has 0 unspecified atom stereocenters. The van der Waals surface area contributed by atoms with Crippen molar-refractivity contribution in [2.24, 2.45) is 0 Å². The molecule has 2 heterocycles. The second-order valence-corrected chi connectivity index (χ2v) is 5.94. The molecule has 25 heavy (non-hydrogen) atoms. The average Bonchev–Trinajstić information content (AvgIpc) is 3.04. The molecule has 0 radical (unpaired) electrons. The number of ether oxygens (including phenoxy) is 2. The predicted octanol–water partition coefficient (Wildman–Crippen LogP) is 2.39. The van der Waals surface area contributed by atoms with Crippen LogP contribution in [0.2, 0.25) is 0 Å². The largest absolute Gasteiger partial charge is 0.493 e. The van der Waals surface area contributed by atoms with Crippen molar-refractivity contribution in [2.45, 2.75) is 0 Å². The van der Waals surface area contributed by atoms with Crippen molar-refractivity contribution in [1.29, 1.82) is 0 Å². The van der Waals surface area contributed by atoms with Crippen LogP contribution < -0.4 is 14.8 Å². The van der Waals surface area contributed by atoms with Crippen LogP contribution in [0.1, 0.15) is 0 Å². The second kappa shape index (κ2) is 7.40. The molecule has 0 saturated heterocycles. The van der Waals surface area contributed by atoms with Gasteiger partial charge in [-0.3, -0.25) is 0 Å². The van der Waals surface area contributed by atoms with Gasteiger partial charge in [0.05, 0.1) is 20.4 Å². The summed E-state index contributed by atoms with van der Waals surface area (Å²) in [5, 5.41) is 7.73. The zero-order chi connectivity index (χ0) is 17.8. The number of anilines is 1. The maximum Gasteiger partial charge on any atom is 0.165 e. The first-order valence-electron chi connectivity index (χ1n) is 8.07. The highest BCUT2D eigenvalue weighted by molar-refractivity contribution is 5.79. The zero-order valence-corrected chi connectivity index (χ0v) is 15.0. The first-order chi connectivity index (χ1) is 12.1. The van der Waals surface area contributed by atoms with Crippen LogP contribution in [0.4, 0.5) is 5.82 Å². The number of rotatable bonds is 7. The van der Waals surface area contributed by atoms with Gasteiger partial charge in [-0.15, -0.1) is 0 Å². The Morgan fingerprint density at radius 1 is 1.12 bits per heavy atom. The SMILES string of the molecule is COc1ccc(-c2cnn3ccc(NCCN(C)C)nc23)cc1OC. The molecule has 1 aromatic carbocycles. The molecule has 3 aromatic rings. The van der Waals surface area contributed by atoms with Crippen molar-refractivity contribution in [3.05, 3.63) is 36.7 Å². The Kier molecular flexibility index (Phi) is 5.04. The number of aromatic nitrogens is 3. The molecule has 0 saturated carbocycles. The summed E-state index contributed by atoms with van der Waals surface area (Å²) >= 11 is 0. The standard InChI is InChI=1S/C18H23N5O2/c1-22(2)10-8-19-17-7-9-23-18(21-17)14(12-20-23)13-5-6-15(24-3)16(11-13)25-4/h5-7,9,11-12H,8,10H2,1-4H3,(H,19,21). The van der Waals surface area contributed by atoms with E-state index in [-0.39, 0.29) is 0 Å². The van der Waals surface area contributed by atoms with Gasteiger partial charge in [0, 0.05) is 24.8 Å². The molecular weight excluding hydrogens is 318 g/mol. The predicted molar refractivity (Wildman–Crippen MR) is 98.6 cm³/mol. The molecule has 132 valence electrons. The molecule has 0 amide bonds. The summed E-state index contributed by atoms with van der Waals surface area (Å²) in [7, 11) is 7.34. The highest BCUT2D eigenvalue weighted by Gasteiger charge is 2.12. The van der Waals surface area contributed by atoms with Gasteiger partial charge in [0.1, 0.15) is 5.82 Å². The van der Waals surface area contributed by atoms with Crippen LogP contribution in [0.3, 0.4) is 0 Å². The Morgan fingerprint density at radius 2 is 1.92 bits per heavy atom. The lowest BCUT2D eigenvalue weighted by Gasteiger charge is -2.11. The topological polar surface area (TPSA) is 63.9 Å². The van der Waals surface area contributed by atoms with E-state index in [1.54, 1.807) is 18.7 Å². The summed E-state index contributed by atoms with van der Waals surface area (Å²) in [6, 6.07) is 7.72. The van der Waals surface area contributed by atoms with Gasteiger partial charge in [0.25, 0.3) is 0 Å². The van der Waals surface area contributed by atoms with Gasteiger partial charge in [-0.2, -0.15) is 5.10 Å². The first-order valence-corrected chi connectivity index (χ1v) is 8.07. The third-order valence-electron chi connectivity index (χ3n) is 3.93. The van der Waals surface area contributed by atoms with Crippen molar-refractivity contribution in [2.75, 3.05) is 46.7 Å². The normalized spacial score (nSPS) is 11.1. The minimum atomic E-state index is 0.680. The summed E-state index contributed by atoms with van der Waals surface area (Å²) < 4.78 is 12.5. The summed E-state index contributed by atoms with van der Waals surface area (Å²) in [6.07, 6.45) is 3.72. The maximum absolute atomic E-state index is 5.40. The molecule has 0 aliphatic carbocycles. The number of likely N-dealkylation sites (N-methyl/N-ethyl adjacent to an activating group) is 1. The van der Waals surface area contributed by atoms with Gasteiger partial charge in [0.15, 0.2) is 17.1 Å². The number of nitrogens with zero attached hydrogens (tertiary/aromatic N) is 4. The molecule has 0 fully saturated rings. The van der Waals surface area contributed by atoms with Crippen LogP contribution in [-0.2, 0) is 0 Å². The van der Waals surface area contributed by atoms with Gasteiger partial charge >= 0.3 is 0 Å². The molecule has 1 N–H and O–H groups in total. The van der Waals surface area contributed by atoms with E-state index >= 15 is 0 Å². The number of benzene rings is 1. The van der Waals surface area contributed by atoms with E-state index in [4.69, 9.17) is 14.5 Å². The van der Waals surface area contributed by atoms with Crippen molar-refractivity contribution in [3.8, 4) is 22.6 Å². The molecule has 7 nitrogen and oxygen atoms in total. The van der Waals surface area contributed by atoms with Crippen molar-refractivity contribution >= 4 is 11.5 Å². The Morgan fingerprint density at radius 3 is 2.64 bits per heavy atom. The number of hydrogen-bond acceptors (Lipinski definition) is 6. The van der Waals surface area contributed by atoms with E-state index in [9.17, 15) is 0 Å². The Balaban J connectivity index is 1.94. The number of fused-ring (bicyclic) bond motifs is 1. The van der Waals surface area contributed by atoms with Gasteiger partial charge in [-0.1, -0.05) is 6.07 Å². The Hall–Kier alpha value is -2.80. The third kappa shape index (κ3) is 3.66. The highest BCUT2D eigenvalue weighted by Crippen LogP contribution is 2.33. The van der Waals surface area contributed by atoms with Crippen molar-refractivity contribution < 1.29 is 9.47 Å². The number of hydrogen-bond donors (Lipinski definition) is 1. The van der Waals surface area contributed by atoms with E-state index in [1.807, 2.05) is 50.8 Å². The highest BCUT2D eigenvalue weighted by atomic mass is 16.5. The van der Waals surface area contributed by atoms with Crippen LogP contribution in [0.5, 0.6) is 11.5 Å². The Labute approximate surface area is 147 Å². The smallest absolute Gasteiger partial charge is 0.165 e. The van der Waals surface area contributed by atoms with E-state index in [2.05, 4.69) is 15.3 Å². The van der Waals surface area contributed by atoms with Crippen LogP contribution in [-0.4, -0.2) is 60.9 Å². The van der Waals surface area contributed by atoms with Gasteiger partial charge in [-0.25, -0.2) is 9.50 Å². The molecule has 0 atom stereocenters. The van der Waals surface area contributed by atoms with Crippen LogP contribution in [0, 0.1) is 0 Å². The lowest BCUT2D eigenvalue weighted by atomic mass is 10.1. The fraction of sp³-hybridized carbons (Fsp3) is 0.333. The minimum Gasteiger partial charge on any atom is -0.493 e. The molecule has 7 heteroatoms. The summed E-state index contributed by atoms with van der Waals surface area (Å²) in [4.78, 5) is 6.83. The van der Waals surface area contributed by atoms with E-state index < -0.39 is 0 Å². The van der Waals surface area contributed by atoms with Crippen molar-refractivity contribution in [3.63, 3.8) is 0 Å². The minimum absolute atomic E-state index is 0.680. The van der Waals surface area contributed by atoms with E-state index in [0.717, 1.165) is 35.7 Å². The van der Waals surface area contributed by atoms with Gasteiger partial charge in [-0.05, 0) is 37.9 Å². The average molecular weight is 341 g/mol. The molecule has 0 bridgehead atoms.